The second-order valence-corrected chi connectivity index (χ2v) is 8.35. The van der Waals surface area contributed by atoms with Crippen molar-refractivity contribution in [1.82, 2.24) is 9.80 Å². The van der Waals surface area contributed by atoms with E-state index < -0.39 is 5.60 Å². The Hall–Kier alpha value is -1.51. The molecule has 1 aromatic carbocycles. The van der Waals surface area contributed by atoms with Gasteiger partial charge in [-0.1, -0.05) is 0 Å². The van der Waals surface area contributed by atoms with Gasteiger partial charge in [0.1, 0.15) is 11.4 Å². The van der Waals surface area contributed by atoms with E-state index in [2.05, 4.69) is 22.6 Å². The molecule has 0 saturated carbocycles. The van der Waals surface area contributed by atoms with Crippen molar-refractivity contribution in [3.8, 4) is 5.75 Å². The summed E-state index contributed by atoms with van der Waals surface area (Å²) in [4.78, 5) is 28.0. The fourth-order valence-electron chi connectivity index (χ4n) is 2.54. The summed E-state index contributed by atoms with van der Waals surface area (Å²) in [6.07, 6.45) is -0.331. The summed E-state index contributed by atoms with van der Waals surface area (Å²) in [6, 6.07) is 7.46. The summed E-state index contributed by atoms with van der Waals surface area (Å²) >= 11 is 2.22. The lowest BCUT2D eigenvalue weighted by molar-refractivity contribution is -0.136. The summed E-state index contributed by atoms with van der Waals surface area (Å²) in [5.41, 5.74) is -0.523. The lowest BCUT2D eigenvalue weighted by atomic mass is 10.2. The zero-order chi connectivity index (χ0) is 18.6. The third-order valence-corrected chi connectivity index (χ3v) is 4.50. The summed E-state index contributed by atoms with van der Waals surface area (Å²) in [5.74, 6) is 0.600. The number of carbonyl (C=O) groups excluding carboxylic acids is 2. The Morgan fingerprint density at radius 2 is 1.84 bits per heavy atom. The molecule has 0 spiro atoms. The number of amides is 2. The number of carbonyl (C=O) groups is 2. The number of nitrogens with zero attached hydrogens (tertiary/aromatic N) is 2. The molecule has 1 atom stereocenters. The first kappa shape index (κ1) is 19.8. The molecule has 0 aromatic heterocycles. The molecule has 0 radical (unpaired) electrons. The van der Waals surface area contributed by atoms with Crippen molar-refractivity contribution in [2.24, 2.45) is 0 Å². The molecule has 1 aromatic rings. The van der Waals surface area contributed by atoms with Gasteiger partial charge in [-0.3, -0.25) is 4.79 Å². The topological polar surface area (TPSA) is 59.1 Å². The number of hydrogen-bond acceptors (Lipinski definition) is 4. The largest absolute Gasteiger partial charge is 0.484 e. The monoisotopic (exact) mass is 460 g/mol. The van der Waals surface area contributed by atoms with E-state index >= 15 is 0 Å². The van der Waals surface area contributed by atoms with Crippen LogP contribution in [0.25, 0.3) is 0 Å². The van der Waals surface area contributed by atoms with E-state index in [1.807, 2.05) is 52.0 Å². The lowest BCUT2D eigenvalue weighted by Crippen LogP contribution is -2.56. The van der Waals surface area contributed by atoms with Crippen molar-refractivity contribution in [2.75, 3.05) is 26.2 Å². The van der Waals surface area contributed by atoms with Gasteiger partial charge in [-0.25, -0.2) is 4.79 Å². The molecular weight excluding hydrogens is 435 g/mol. The molecule has 6 nitrogen and oxygen atoms in total. The van der Waals surface area contributed by atoms with Crippen molar-refractivity contribution in [2.45, 2.75) is 39.3 Å². The van der Waals surface area contributed by atoms with Gasteiger partial charge in [-0.2, -0.15) is 0 Å². The molecule has 2 amide bonds. The minimum absolute atomic E-state index is 0.000248. The number of piperazine rings is 1. The number of ether oxygens (including phenoxy) is 2. The van der Waals surface area contributed by atoms with Gasteiger partial charge in [0.15, 0.2) is 6.61 Å². The number of hydrogen-bond donors (Lipinski definition) is 0. The van der Waals surface area contributed by atoms with E-state index in [-0.39, 0.29) is 24.6 Å². The van der Waals surface area contributed by atoms with Gasteiger partial charge in [0.25, 0.3) is 5.91 Å². The Morgan fingerprint density at radius 1 is 1.20 bits per heavy atom. The second-order valence-electron chi connectivity index (χ2n) is 7.11. The minimum Gasteiger partial charge on any atom is -0.484 e. The molecule has 25 heavy (non-hydrogen) atoms. The zero-order valence-corrected chi connectivity index (χ0v) is 17.3. The molecule has 1 aliphatic heterocycles. The van der Waals surface area contributed by atoms with Gasteiger partial charge in [0, 0.05) is 29.2 Å². The quantitative estimate of drug-likeness (QED) is 0.651. The molecule has 2 rings (SSSR count). The fraction of sp³-hybridized carbons (Fsp3) is 0.556. The Labute approximate surface area is 162 Å². The third kappa shape index (κ3) is 6.05. The maximum Gasteiger partial charge on any atom is 0.410 e. The summed E-state index contributed by atoms with van der Waals surface area (Å²) in [5, 5.41) is 0. The molecular formula is C18H25IN2O4. The van der Waals surface area contributed by atoms with E-state index in [1.165, 1.54) is 0 Å². The van der Waals surface area contributed by atoms with Crippen LogP contribution in [-0.4, -0.2) is 59.7 Å². The molecule has 0 aliphatic carbocycles. The molecule has 1 saturated heterocycles. The zero-order valence-electron chi connectivity index (χ0n) is 15.1. The van der Waals surface area contributed by atoms with Crippen LogP contribution < -0.4 is 4.74 Å². The van der Waals surface area contributed by atoms with Crippen molar-refractivity contribution >= 4 is 34.6 Å². The van der Waals surface area contributed by atoms with Gasteiger partial charge in [-0.05, 0) is 74.6 Å². The van der Waals surface area contributed by atoms with Crippen molar-refractivity contribution < 1.29 is 19.1 Å². The molecule has 1 fully saturated rings. The average Bonchev–Trinajstić information content (AvgIpc) is 2.52. The Morgan fingerprint density at radius 3 is 2.40 bits per heavy atom. The standard InChI is InChI=1S/C18H25IN2O4/c1-13-11-20(9-10-21(13)17(23)25-18(2,3)4)16(22)12-24-15-7-5-14(19)6-8-15/h5-8,13H,9-12H2,1-4H3. The van der Waals surface area contributed by atoms with Crippen LogP contribution >= 0.6 is 22.6 Å². The molecule has 138 valence electrons. The summed E-state index contributed by atoms with van der Waals surface area (Å²) in [6.45, 7) is 8.88. The maximum absolute atomic E-state index is 12.4. The van der Waals surface area contributed by atoms with Crippen molar-refractivity contribution in [1.29, 1.82) is 0 Å². The van der Waals surface area contributed by atoms with Crippen LogP contribution in [0.4, 0.5) is 4.79 Å². The Bertz CT molecular complexity index is 612. The van der Waals surface area contributed by atoms with E-state index in [1.54, 1.807) is 9.80 Å². The predicted octanol–water partition coefficient (Wildman–Crippen LogP) is 3.14. The normalized spacial score (nSPS) is 18.0. The summed E-state index contributed by atoms with van der Waals surface area (Å²) in [7, 11) is 0. The highest BCUT2D eigenvalue weighted by molar-refractivity contribution is 14.1. The minimum atomic E-state index is -0.523. The lowest BCUT2D eigenvalue weighted by Gasteiger charge is -2.40. The molecule has 0 bridgehead atoms. The third-order valence-electron chi connectivity index (χ3n) is 3.78. The average molecular weight is 460 g/mol. The van der Waals surface area contributed by atoms with Crippen LogP contribution in [0.5, 0.6) is 5.75 Å². The van der Waals surface area contributed by atoms with E-state index in [9.17, 15) is 9.59 Å². The van der Waals surface area contributed by atoms with Crippen LogP contribution in [0.3, 0.4) is 0 Å². The maximum atomic E-state index is 12.4. The number of rotatable bonds is 3. The second kappa shape index (κ2) is 8.25. The molecule has 7 heteroatoms. The highest BCUT2D eigenvalue weighted by atomic mass is 127. The van der Waals surface area contributed by atoms with Gasteiger partial charge >= 0.3 is 6.09 Å². The number of halogens is 1. The van der Waals surface area contributed by atoms with Crippen molar-refractivity contribution in [3.63, 3.8) is 0 Å². The first-order chi connectivity index (χ1) is 11.7. The summed E-state index contributed by atoms with van der Waals surface area (Å²) < 4.78 is 12.1. The van der Waals surface area contributed by atoms with Gasteiger partial charge in [0.2, 0.25) is 0 Å². The van der Waals surface area contributed by atoms with Crippen LogP contribution in [-0.2, 0) is 9.53 Å². The van der Waals surface area contributed by atoms with Crippen LogP contribution in [0.15, 0.2) is 24.3 Å². The van der Waals surface area contributed by atoms with Crippen molar-refractivity contribution in [3.05, 3.63) is 27.8 Å². The Kier molecular flexibility index (Phi) is 6.53. The van der Waals surface area contributed by atoms with Gasteiger partial charge in [-0.15, -0.1) is 0 Å². The van der Waals surface area contributed by atoms with Crippen LogP contribution in [0, 0.1) is 3.57 Å². The van der Waals surface area contributed by atoms with Gasteiger partial charge < -0.3 is 19.3 Å². The highest BCUT2D eigenvalue weighted by Crippen LogP contribution is 2.17. The number of benzene rings is 1. The van der Waals surface area contributed by atoms with E-state index in [0.29, 0.717) is 25.4 Å². The van der Waals surface area contributed by atoms with E-state index in [4.69, 9.17) is 9.47 Å². The highest BCUT2D eigenvalue weighted by Gasteiger charge is 2.32. The molecule has 1 heterocycles. The Balaban J connectivity index is 1.84. The first-order valence-corrected chi connectivity index (χ1v) is 9.39. The smallest absolute Gasteiger partial charge is 0.410 e. The molecule has 0 N–H and O–H groups in total. The molecule has 1 aliphatic rings. The SMILES string of the molecule is CC1CN(C(=O)COc2ccc(I)cc2)CCN1C(=O)OC(C)(C)C. The van der Waals surface area contributed by atoms with Crippen LogP contribution in [0.1, 0.15) is 27.7 Å². The fourth-order valence-corrected chi connectivity index (χ4v) is 2.90. The molecule has 1 unspecified atom stereocenters. The van der Waals surface area contributed by atoms with Crippen LogP contribution in [0.2, 0.25) is 0 Å². The van der Waals surface area contributed by atoms with E-state index in [0.717, 1.165) is 3.57 Å². The first-order valence-electron chi connectivity index (χ1n) is 8.31. The predicted molar refractivity (Wildman–Crippen MR) is 104 cm³/mol. The van der Waals surface area contributed by atoms with Gasteiger partial charge in [0.05, 0.1) is 0 Å².